The van der Waals surface area contributed by atoms with Gasteiger partial charge in [0.25, 0.3) is 5.91 Å². The number of hydrogen-bond donors (Lipinski definition) is 1. The molecule has 0 aromatic heterocycles. The minimum atomic E-state index is -0.326. The van der Waals surface area contributed by atoms with E-state index in [1.807, 2.05) is 66.7 Å². The van der Waals surface area contributed by atoms with E-state index >= 15 is 0 Å². The Morgan fingerprint density at radius 2 is 1.69 bits per heavy atom. The Kier molecular flexibility index (Phi) is 5.63. The lowest BCUT2D eigenvalue weighted by Gasteiger charge is -2.38. The van der Waals surface area contributed by atoms with Crippen molar-refractivity contribution in [3.8, 4) is 5.75 Å². The quantitative estimate of drug-likeness (QED) is 0.530. The molecule has 29 heavy (non-hydrogen) atoms. The van der Waals surface area contributed by atoms with E-state index in [1.165, 1.54) is 5.56 Å². The van der Waals surface area contributed by atoms with Crippen molar-refractivity contribution < 1.29 is 9.53 Å². The molecule has 0 aliphatic carbocycles. The molecule has 0 spiro atoms. The van der Waals surface area contributed by atoms with Gasteiger partial charge in [0.2, 0.25) is 0 Å². The largest absolute Gasteiger partial charge is 0.487 e. The number of carbonyl (C=O) groups is 1. The predicted octanol–water partition coefficient (Wildman–Crippen LogP) is 6.01. The third kappa shape index (κ3) is 4.65. The Balaban J connectivity index is 1.53. The summed E-state index contributed by atoms with van der Waals surface area (Å²) in [5, 5.41) is 3.25. The van der Waals surface area contributed by atoms with Crippen LogP contribution in [0.15, 0.2) is 83.8 Å². The molecule has 0 radical (unpaired) electrons. The van der Waals surface area contributed by atoms with E-state index in [0.29, 0.717) is 0 Å². The molecule has 0 unspecified atom stereocenters. The van der Waals surface area contributed by atoms with E-state index in [2.05, 4.69) is 31.3 Å². The number of carbonyl (C=O) groups excluding carboxylic acids is 1. The third-order valence-electron chi connectivity index (χ3n) is 5.05. The second-order valence-electron chi connectivity index (χ2n) is 7.90. The van der Waals surface area contributed by atoms with Crippen molar-refractivity contribution in [1.82, 2.24) is 5.32 Å². The van der Waals surface area contributed by atoms with Crippen molar-refractivity contribution in [1.29, 1.82) is 0 Å². The van der Waals surface area contributed by atoms with Crippen LogP contribution in [0, 0.1) is 0 Å². The molecular weight excluding hydrogens is 378 g/mol. The van der Waals surface area contributed by atoms with Crippen molar-refractivity contribution in [3.63, 3.8) is 0 Å². The molecule has 1 heterocycles. The van der Waals surface area contributed by atoms with Crippen LogP contribution in [0.1, 0.15) is 47.8 Å². The monoisotopic (exact) mass is 403 g/mol. The number of rotatable bonds is 5. The Bertz CT molecular complexity index is 1000. The number of fused-ring (bicyclic) bond motifs is 1. The average Bonchev–Trinajstić information content (AvgIpc) is 2.72. The van der Waals surface area contributed by atoms with Gasteiger partial charge < -0.3 is 10.1 Å². The van der Waals surface area contributed by atoms with Crippen LogP contribution < -0.4 is 10.1 Å². The molecule has 1 atom stereocenters. The second kappa shape index (κ2) is 8.34. The Labute approximate surface area is 176 Å². The van der Waals surface area contributed by atoms with E-state index in [9.17, 15) is 4.79 Å². The van der Waals surface area contributed by atoms with Gasteiger partial charge in [-0.2, -0.15) is 0 Å². The molecule has 1 aliphatic heterocycles. The van der Waals surface area contributed by atoms with Crippen LogP contribution in [-0.2, 0) is 5.75 Å². The smallest absolute Gasteiger partial charge is 0.252 e. The summed E-state index contributed by atoms with van der Waals surface area (Å²) in [4.78, 5) is 14.2. The molecule has 1 N–H and O–H groups in total. The van der Waals surface area contributed by atoms with Gasteiger partial charge in [-0.3, -0.25) is 4.79 Å². The lowest BCUT2D eigenvalue weighted by atomic mass is 9.89. The van der Waals surface area contributed by atoms with Crippen LogP contribution >= 0.6 is 11.8 Å². The number of hydrogen-bond acceptors (Lipinski definition) is 3. The highest BCUT2D eigenvalue weighted by atomic mass is 32.2. The van der Waals surface area contributed by atoms with Crippen molar-refractivity contribution in [2.24, 2.45) is 0 Å². The number of thioether (sulfide) groups is 1. The van der Waals surface area contributed by atoms with Gasteiger partial charge in [-0.05, 0) is 37.6 Å². The summed E-state index contributed by atoms with van der Waals surface area (Å²) in [5.74, 6) is 1.64. The predicted molar refractivity (Wildman–Crippen MR) is 118 cm³/mol. The number of benzene rings is 3. The molecule has 0 fully saturated rings. The molecule has 148 valence electrons. The minimum Gasteiger partial charge on any atom is -0.487 e. The fourth-order valence-corrected chi connectivity index (χ4v) is 4.69. The van der Waals surface area contributed by atoms with E-state index < -0.39 is 0 Å². The summed E-state index contributed by atoms with van der Waals surface area (Å²) >= 11 is 1.69. The van der Waals surface area contributed by atoms with Crippen molar-refractivity contribution >= 4 is 17.7 Å². The number of amides is 1. The maximum atomic E-state index is 13.2. The first-order chi connectivity index (χ1) is 14.0. The lowest BCUT2D eigenvalue weighted by molar-refractivity contribution is 0.0619. The molecule has 0 bridgehead atoms. The summed E-state index contributed by atoms with van der Waals surface area (Å²) in [7, 11) is 0. The van der Waals surface area contributed by atoms with Crippen LogP contribution in [0.25, 0.3) is 0 Å². The zero-order chi connectivity index (χ0) is 20.3. The summed E-state index contributed by atoms with van der Waals surface area (Å²) in [6, 6.07) is 26.0. The van der Waals surface area contributed by atoms with Gasteiger partial charge in [0, 0.05) is 22.6 Å². The highest BCUT2D eigenvalue weighted by Gasteiger charge is 2.34. The Morgan fingerprint density at radius 1 is 1.00 bits per heavy atom. The zero-order valence-corrected chi connectivity index (χ0v) is 17.5. The average molecular weight is 404 g/mol. The minimum absolute atomic E-state index is 0.0429. The third-order valence-corrected chi connectivity index (χ3v) is 6.20. The molecule has 1 aliphatic rings. The zero-order valence-electron chi connectivity index (χ0n) is 16.7. The first kappa shape index (κ1) is 19.6. The van der Waals surface area contributed by atoms with Gasteiger partial charge in [0.15, 0.2) is 0 Å². The summed E-state index contributed by atoms with van der Waals surface area (Å²) in [5.41, 5.74) is 2.67. The van der Waals surface area contributed by atoms with Crippen LogP contribution in [0.5, 0.6) is 5.75 Å². The molecule has 3 nitrogen and oxygen atoms in total. The van der Waals surface area contributed by atoms with Gasteiger partial charge in [0.05, 0.1) is 11.6 Å². The van der Waals surface area contributed by atoms with Crippen LogP contribution in [0.2, 0.25) is 0 Å². The molecule has 3 aromatic rings. The molecule has 0 saturated carbocycles. The van der Waals surface area contributed by atoms with Crippen LogP contribution in [-0.4, -0.2) is 11.5 Å². The fourth-order valence-electron chi connectivity index (χ4n) is 3.68. The molecule has 4 rings (SSSR count). The van der Waals surface area contributed by atoms with Crippen molar-refractivity contribution in [2.45, 2.75) is 42.6 Å². The van der Waals surface area contributed by atoms with Crippen LogP contribution in [0.4, 0.5) is 0 Å². The molecular formula is C25H25NO2S. The standard InChI is InChI=1S/C25H25NO2S/c1-25(2)16-21(19-12-6-8-14-22(19)28-25)26-24(27)20-13-7-9-15-23(20)29-17-18-10-4-3-5-11-18/h3-15,21H,16-17H2,1-2H3,(H,26,27)/t21-/m0/s1. The van der Waals surface area contributed by atoms with Crippen molar-refractivity contribution in [2.75, 3.05) is 0 Å². The maximum absolute atomic E-state index is 13.2. The van der Waals surface area contributed by atoms with E-state index in [1.54, 1.807) is 11.8 Å². The molecule has 1 amide bonds. The lowest BCUT2D eigenvalue weighted by Crippen LogP contribution is -2.41. The van der Waals surface area contributed by atoms with Crippen LogP contribution in [0.3, 0.4) is 0 Å². The van der Waals surface area contributed by atoms with Gasteiger partial charge in [0.1, 0.15) is 11.4 Å². The molecule has 0 saturated heterocycles. The molecule has 3 aromatic carbocycles. The number of para-hydroxylation sites is 1. The Morgan fingerprint density at radius 3 is 2.52 bits per heavy atom. The van der Waals surface area contributed by atoms with Gasteiger partial charge >= 0.3 is 0 Å². The summed E-state index contributed by atoms with van der Waals surface area (Å²) in [6.07, 6.45) is 0.731. The van der Waals surface area contributed by atoms with E-state index in [4.69, 9.17) is 4.74 Å². The van der Waals surface area contributed by atoms with Gasteiger partial charge in [-0.25, -0.2) is 0 Å². The molecule has 4 heteroatoms. The van der Waals surface area contributed by atoms with Gasteiger partial charge in [-0.1, -0.05) is 60.7 Å². The summed E-state index contributed by atoms with van der Waals surface area (Å²) in [6.45, 7) is 4.12. The van der Waals surface area contributed by atoms with E-state index in [-0.39, 0.29) is 17.6 Å². The SMILES string of the molecule is CC1(C)C[C@H](NC(=O)c2ccccc2SCc2ccccc2)c2ccccc2O1. The maximum Gasteiger partial charge on any atom is 0.252 e. The number of ether oxygens (including phenoxy) is 1. The first-order valence-corrected chi connectivity index (χ1v) is 10.8. The second-order valence-corrected chi connectivity index (χ2v) is 8.92. The first-order valence-electron chi connectivity index (χ1n) is 9.86. The normalized spacial score (nSPS) is 17.1. The number of nitrogens with one attached hydrogen (secondary N) is 1. The topological polar surface area (TPSA) is 38.3 Å². The van der Waals surface area contributed by atoms with E-state index in [0.717, 1.165) is 33.9 Å². The summed E-state index contributed by atoms with van der Waals surface area (Å²) < 4.78 is 6.09. The van der Waals surface area contributed by atoms with Crippen molar-refractivity contribution in [3.05, 3.63) is 95.6 Å². The highest BCUT2D eigenvalue weighted by Crippen LogP contribution is 2.39. The Hall–Kier alpha value is -2.72. The van der Waals surface area contributed by atoms with Gasteiger partial charge in [-0.15, -0.1) is 11.8 Å². The fraction of sp³-hybridized carbons (Fsp3) is 0.240. The highest BCUT2D eigenvalue weighted by molar-refractivity contribution is 7.98.